The van der Waals surface area contributed by atoms with Gasteiger partial charge in [0.2, 0.25) is 0 Å². The fourth-order valence-electron chi connectivity index (χ4n) is 2.04. The lowest BCUT2D eigenvalue weighted by atomic mass is 10.1. The zero-order valence-corrected chi connectivity index (χ0v) is 11.5. The number of rotatable bonds is 5. The Hall–Kier alpha value is -1.22. The van der Waals surface area contributed by atoms with Crippen LogP contribution in [0.1, 0.15) is 38.8 Å². The summed E-state index contributed by atoms with van der Waals surface area (Å²) in [5, 5.41) is 3.54. The largest absolute Gasteiger partial charge is 0.486 e. The van der Waals surface area contributed by atoms with Gasteiger partial charge < -0.3 is 14.8 Å². The molecule has 0 bridgehead atoms. The van der Waals surface area contributed by atoms with Gasteiger partial charge in [0.15, 0.2) is 11.5 Å². The van der Waals surface area contributed by atoms with Crippen LogP contribution in [0.5, 0.6) is 11.5 Å². The van der Waals surface area contributed by atoms with Crippen LogP contribution in [0.25, 0.3) is 0 Å². The summed E-state index contributed by atoms with van der Waals surface area (Å²) in [4.78, 5) is 0. The Kier molecular flexibility index (Phi) is 4.48. The van der Waals surface area contributed by atoms with E-state index < -0.39 is 0 Å². The van der Waals surface area contributed by atoms with Crippen LogP contribution in [0, 0.1) is 5.92 Å². The highest BCUT2D eigenvalue weighted by Gasteiger charge is 2.14. The van der Waals surface area contributed by atoms with Crippen molar-refractivity contribution in [2.45, 2.75) is 33.2 Å². The van der Waals surface area contributed by atoms with E-state index in [0.717, 1.165) is 24.0 Å². The molecule has 3 nitrogen and oxygen atoms in total. The Balaban J connectivity index is 1.95. The minimum Gasteiger partial charge on any atom is -0.486 e. The Morgan fingerprint density at radius 2 is 1.83 bits per heavy atom. The van der Waals surface area contributed by atoms with Gasteiger partial charge in [-0.1, -0.05) is 19.9 Å². The van der Waals surface area contributed by atoms with Crippen molar-refractivity contribution in [3.8, 4) is 11.5 Å². The first-order valence-electron chi connectivity index (χ1n) is 6.79. The van der Waals surface area contributed by atoms with Crippen molar-refractivity contribution < 1.29 is 9.47 Å². The van der Waals surface area contributed by atoms with E-state index in [0.29, 0.717) is 19.3 Å². The molecule has 1 aromatic carbocycles. The number of ether oxygens (including phenoxy) is 2. The van der Waals surface area contributed by atoms with Gasteiger partial charge in [-0.3, -0.25) is 0 Å². The summed E-state index contributed by atoms with van der Waals surface area (Å²) < 4.78 is 11.1. The molecule has 1 atom stereocenters. The van der Waals surface area contributed by atoms with Crippen molar-refractivity contribution in [1.29, 1.82) is 0 Å². The van der Waals surface area contributed by atoms with E-state index in [9.17, 15) is 0 Å². The molecule has 0 aliphatic carbocycles. The van der Waals surface area contributed by atoms with Crippen LogP contribution in [0.3, 0.4) is 0 Å². The summed E-state index contributed by atoms with van der Waals surface area (Å²) in [5.41, 5.74) is 1.25. The van der Waals surface area contributed by atoms with E-state index in [4.69, 9.17) is 9.47 Å². The average Bonchev–Trinajstić information content (AvgIpc) is 2.37. The molecule has 0 aromatic heterocycles. The molecule has 100 valence electrons. The third-order valence-electron chi connectivity index (χ3n) is 3.24. The van der Waals surface area contributed by atoms with E-state index in [1.165, 1.54) is 12.0 Å². The monoisotopic (exact) mass is 249 g/mol. The SMILES string of the molecule is CC(C)CCNC(C)c1ccc2c(c1)OCCO2. The van der Waals surface area contributed by atoms with Gasteiger partial charge in [-0.15, -0.1) is 0 Å². The molecule has 0 spiro atoms. The number of hydrogen-bond acceptors (Lipinski definition) is 3. The molecule has 0 saturated carbocycles. The second-order valence-corrected chi connectivity index (χ2v) is 5.26. The van der Waals surface area contributed by atoms with Crippen LogP contribution in [0.15, 0.2) is 18.2 Å². The highest BCUT2D eigenvalue weighted by atomic mass is 16.6. The van der Waals surface area contributed by atoms with Gasteiger partial charge >= 0.3 is 0 Å². The quantitative estimate of drug-likeness (QED) is 0.869. The van der Waals surface area contributed by atoms with Crippen LogP contribution in [0.2, 0.25) is 0 Å². The first-order chi connectivity index (χ1) is 8.66. The summed E-state index contributed by atoms with van der Waals surface area (Å²) in [6.45, 7) is 9.02. The smallest absolute Gasteiger partial charge is 0.161 e. The molecule has 1 unspecified atom stereocenters. The Morgan fingerprint density at radius 1 is 1.11 bits per heavy atom. The lowest BCUT2D eigenvalue weighted by molar-refractivity contribution is 0.171. The summed E-state index contributed by atoms with van der Waals surface area (Å²) in [7, 11) is 0. The van der Waals surface area contributed by atoms with Crippen LogP contribution in [0.4, 0.5) is 0 Å². The summed E-state index contributed by atoms with van der Waals surface area (Å²) in [5.74, 6) is 2.47. The molecule has 3 heteroatoms. The van der Waals surface area contributed by atoms with E-state index in [1.54, 1.807) is 0 Å². The average molecular weight is 249 g/mol. The third kappa shape index (κ3) is 3.39. The zero-order chi connectivity index (χ0) is 13.0. The van der Waals surface area contributed by atoms with Crippen LogP contribution in [-0.2, 0) is 0 Å². The molecule has 0 radical (unpaired) electrons. The summed E-state index contributed by atoms with van der Waals surface area (Å²) in [6, 6.07) is 6.55. The Morgan fingerprint density at radius 3 is 2.56 bits per heavy atom. The minimum atomic E-state index is 0.347. The van der Waals surface area contributed by atoms with Crippen molar-refractivity contribution in [2.75, 3.05) is 19.8 Å². The predicted octanol–water partition coefficient (Wildman–Crippen LogP) is 3.15. The maximum atomic E-state index is 5.60. The molecule has 1 heterocycles. The zero-order valence-electron chi connectivity index (χ0n) is 11.5. The van der Waals surface area contributed by atoms with Gasteiger partial charge in [0.05, 0.1) is 0 Å². The molecule has 1 aliphatic heterocycles. The van der Waals surface area contributed by atoms with Crippen molar-refractivity contribution >= 4 is 0 Å². The van der Waals surface area contributed by atoms with Gasteiger partial charge in [-0.25, -0.2) is 0 Å². The third-order valence-corrected chi connectivity index (χ3v) is 3.24. The van der Waals surface area contributed by atoms with E-state index in [2.05, 4.69) is 38.2 Å². The number of fused-ring (bicyclic) bond motifs is 1. The molecular formula is C15H23NO2. The molecule has 0 saturated heterocycles. The topological polar surface area (TPSA) is 30.5 Å². The lowest BCUT2D eigenvalue weighted by Gasteiger charge is -2.21. The molecular weight excluding hydrogens is 226 g/mol. The maximum Gasteiger partial charge on any atom is 0.161 e. The summed E-state index contributed by atoms with van der Waals surface area (Å²) in [6.07, 6.45) is 1.20. The van der Waals surface area contributed by atoms with E-state index in [-0.39, 0.29) is 0 Å². The van der Waals surface area contributed by atoms with Crippen molar-refractivity contribution in [3.63, 3.8) is 0 Å². The van der Waals surface area contributed by atoms with Gasteiger partial charge in [-0.2, -0.15) is 0 Å². The lowest BCUT2D eigenvalue weighted by Crippen LogP contribution is -2.21. The van der Waals surface area contributed by atoms with E-state index >= 15 is 0 Å². The van der Waals surface area contributed by atoms with Gasteiger partial charge in [-0.05, 0) is 43.5 Å². The first-order valence-corrected chi connectivity index (χ1v) is 6.79. The van der Waals surface area contributed by atoms with Crippen molar-refractivity contribution in [1.82, 2.24) is 5.32 Å². The second kappa shape index (κ2) is 6.10. The number of benzene rings is 1. The van der Waals surface area contributed by atoms with E-state index in [1.807, 2.05) is 6.07 Å². The van der Waals surface area contributed by atoms with Crippen LogP contribution >= 0.6 is 0 Å². The normalized spacial score (nSPS) is 15.8. The number of nitrogens with one attached hydrogen (secondary N) is 1. The van der Waals surface area contributed by atoms with Crippen molar-refractivity contribution in [2.24, 2.45) is 5.92 Å². The van der Waals surface area contributed by atoms with Crippen molar-refractivity contribution in [3.05, 3.63) is 23.8 Å². The highest BCUT2D eigenvalue weighted by molar-refractivity contribution is 5.44. The minimum absolute atomic E-state index is 0.347. The molecule has 2 rings (SSSR count). The molecule has 1 aromatic rings. The van der Waals surface area contributed by atoms with Gasteiger partial charge in [0.1, 0.15) is 13.2 Å². The van der Waals surface area contributed by atoms with Gasteiger partial charge in [0.25, 0.3) is 0 Å². The predicted molar refractivity (Wildman–Crippen MR) is 73.3 cm³/mol. The molecule has 0 amide bonds. The fourth-order valence-corrected chi connectivity index (χ4v) is 2.04. The highest BCUT2D eigenvalue weighted by Crippen LogP contribution is 2.32. The second-order valence-electron chi connectivity index (χ2n) is 5.26. The Bertz CT molecular complexity index is 390. The number of hydrogen-bond donors (Lipinski definition) is 1. The Labute approximate surface area is 109 Å². The fraction of sp³-hybridized carbons (Fsp3) is 0.600. The summed E-state index contributed by atoms with van der Waals surface area (Å²) >= 11 is 0. The standard InChI is InChI=1S/C15H23NO2/c1-11(2)6-7-16-12(3)13-4-5-14-15(10-13)18-9-8-17-14/h4-5,10-12,16H,6-9H2,1-3H3. The maximum absolute atomic E-state index is 5.60. The molecule has 18 heavy (non-hydrogen) atoms. The first kappa shape index (κ1) is 13.2. The molecule has 1 N–H and O–H groups in total. The van der Waals surface area contributed by atoms with Crippen LogP contribution in [-0.4, -0.2) is 19.8 Å². The molecule has 0 fully saturated rings. The van der Waals surface area contributed by atoms with Crippen LogP contribution < -0.4 is 14.8 Å². The molecule has 1 aliphatic rings. The van der Waals surface area contributed by atoms with Gasteiger partial charge in [0, 0.05) is 6.04 Å².